The summed E-state index contributed by atoms with van der Waals surface area (Å²) in [5, 5.41) is 0. The molecule has 1 aliphatic carbocycles. The van der Waals surface area contributed by atoms with Crippen LogP contribution in [-0.4, -0.2) is 19.9 Å². The fourth-order valence-electron chi connectivity index (χ4n) is 2.49. The Morgan fingerprint density at radius 3 is 2.83 bits per heavy atom. The zero-order valence-corrected chi connectivity index (χ0v) is 10.8. The Hall–Kier alpha value is -1.62. The van der Waals surface area contributed by atoms with E-state index in [9.17, 15) is 0 Å². The van der Waals surface area contributed by atoms with Gasteiger partial charge in [-0.15, -0.1) is 0 Å². The first-order valence-electron chi connectivity index (χ1n) is 6.20. The Morgan fingerprint density at radius 2 is 2.11 bits per heavy atom. The van der Waals surface area contributed by atoms with Gasteiger partial charge in [0, 0.05) is 11.9 Å². The summed E-state index contributed by atoms with van der Waals surface area (Å²) in [6.07, 6.45) is 8.31. The number of nitrogens with zero attached hydrogens (tertiary/aromatic N) is 3. The van der Waals surface area contributed by atoms with Crippen LogP contribution >= 0.6 is 12.2 Å². The van der Waals surface area contributed by atoms with Crippen molar-refractivity contribution in [1.29, 1.82) is 0 Å². The first kappa shape index (κ1) is 11.5. The number of rotatable bonds is 2. The van der Waals surface area contributed by atoms with Crippen LogP contribution in [0.1, 0.15) is 37.3 Å². The van der Waals surface area contributed by atoms with Crippen molar-refractivity contribution in [3.8, 4) is 11.5 Å². The number of H-pyrrole nitrogens is 1. The zero-order valence-electron chi connectivity index (χ0n) is 9.97. The van der Waals surface area contributed by atoms with E-state index in [2.05, 4.69) is 19.9 Å². The largest absolute Gasteiger partial charge is 0.342 e. The van der Waals surface area contributed by atoms with Crippen LogP contribution in [0.5, 0.6) is 0 Å². The molecule has 0 atom stereocenters. The molecule has 1 N–H and O–H groups in total. The fraction of sp³-hybridized carbons (Fsp3) is 0.385. The van der Waals surface area contributed by atoms with Gasteiger partial charge in [-0.05, 0) is 30.9 Å². The van der Waals surface area contributed by atoms with Gasteiger partial charge in [-0.2, -0.15) is 0 Å². The van der Waals surface area contributed by atoms with Crippen molar-refractivity contribution >= 4 is 12.2 Å². The van der Waals surface area contributed by atoms with Crippen LogP contribution in [-0.2, 0) is 0 Å². The van der Waals surface area contributed by atoms with E-state index in [1.54, 1.807) is 6.20 Å². The van der Waals surface area contributed by atoms with Crippen LogP contribution in [0.25, 0.3) is 11.5 Å². The molecule has 1 fully saturated rings. The van der Waals surface area contributed by atoms with Gasteiger partial charge in [0.2, 0.25) is 0 Å². The maximum atomic E-state index is 5.25. The van der Waals surface area contributed by atoms with E-state index in [0.717, 1.165) is 11.5 Å². The lowest BCUT2D eigenvalue weighted by atomic mass is 10.0. The monoisotopic (exact) mass is 258 g/mol. The van der Waals surface area contributed by atoms with Gasteiger partial charge in [0.15, 0.2) is 5.82 Å². The third kappa shape index (κ3) is 2.31. The minimum absolute atomic E-state index is 0.593. The first-order valence-corrected chi connectivity index (χ1v) is 6.61. The second-order valence-corrected chi connectivity index (χ2v) is 5.02. The molecule has 0 saturated heterocycles. The van der Waals surface area contributed by atoms with Crippen molar-refractivity contribution in [3.05, 3.63) is 35.0 Å². The minimum atomic E-state index is 0.593. The van der Waals surface area contributed by atoms with Crippen molar-refractivity contribution in [2.45, 2.75) is 31.6 Å². The van der Waals surface area contributed by atoms with Crippen molar-refractivity contribution < 1.29 is 0 Å². The van der Waals surface area contributed by atoms with Gasteiger partial charge < -0.3 is 4.98 Å². The molecule has 0 aromatic carbocycles. The summed E-state index contributed by atoms with van der Waals surface area (Å²) in [7, 11) is 0. The first-order chi connectivity index (χ1) is 8.83. The number of aromatic amines is 1. The molecule has 4 nitrogen and oxygen atoms in total. The molecule has 2 aromatic heterocycles. The lowest BCUT2D eigenvalue weighted by Crippen LogP contribution is -2.01. The normalized spacial score (nSPS) is 16.0. The van der Waals surface area contributed by atoms with Gasteiger partial charge in [0.1, 0.15) is 16.7 Å². The summed E-state index contributed by atoms with van der Waals surface area (Å²) < 4.78 is 0.629. The topological polar surface area (TPSA) is 54.5 Å². The van der Waals surface area contributed by atoms with Crippen LogP contribution in [0.3, 0.4) is 0 Å². The van der Waals surface area contributed by atoms with Crippen LogP contribution in [0.15, 0.2) is 24.7 Å². The van der Waals surface area contributed by atoms with Crippen molar-refractivity contribution in [2.75, 3.05) is 0 Å². The summed E-state index contributed by atoms with van der Waals surface area (Å²) in [4.78, 5) is 15.8. The van der Waals surface area contributed by atoms with Crippen molar-refractivity contribution in [2.24, 2.45) is 0 Å². The number of hydrogen-bond donors (Lipinski definition) is 1. The van der Waals surface area contributed by atoms with Gasteiger partial charge in [0.25, 0.3) is 0 Å². The summed E-state index contributed by atoms with van der Waals surface area (Å²) in [5.74, 6) is 1.34. The standard InChI is InChI=1S/C13H14N4S/c18-12-7-11(9-3-1-2-4-9)16-13(17-12)10-5-6-14-8-15-10/h5-9H,1-4H2,(H,16,17,18). The molecule has 1 aliphatic rings. The second kappa shape index (κ2) is 4.94. The van der Waals surface area contributed by atoms with Crippen LogP contribution in [0.4, 0.5) is 0 Å². The Labute approximate surface area is 111 Å². The van der Waals surface area contributed by atoms with E-state index >= 15 is 0 Å². The second-order valence-electron chi connectivity index (χ2n) is 4.60. The Balaban J connectivity index is 2.03. The van der Waals surface area contributed by atoms with Crippen LogP contribution in [0.2, 0.25) is 0 Å². The highest BCUT2D eigenvalue weighted by molar-refractivity contribution is 7.71. The molecule has 1 saturated carbocycles. The van der Waals surface area contributed by atoms with Crippen LogP contribution in [0, 0.1) is 4.64 Å². The van der Waals surface area contributed by atoms with Crippen molar-refractivity contribution in [1.82, 2.24) is 19.9 Å². The van der Waals surface area contributed by atoms with Crippen LogP contribution < -0.4 is 0 Å². The molecule has 0 amide bonds. The molecule has 0 bridgehead atoms. The maximum absolute atomic E-state index is 5.25. The third-order valence-corrected chi connectivity index (χ3v) is 3.59. The molecule has 0 spiro atoms. The minimum Gasteiger partial charge on any atom is -0.342 e. The highest BCUT2D eigenvalue weighted by atomic mass is 32.1. The molecule has 92 valence electrons. The fourth-order valence-corrected chi connectivity index (χ4v) is 2.70. The van der Waals surface area contributed by atoms with E-state index < -0.39 is 0 Å². The van der Waals surface area contributed by atoms with Gasteiger partial charge in [0.05, 0.1) is 0 Å². The predicted octanol–water partition coefficient (Wildman–Crippen LogP) is 3.25. The molecule has 2 aromatic rings. The van der Waals surface area contributed by atoms with E-state index in [1.165, 1.54) is 37.7 Å². The molecule has 2 heterocycles. The number of nitrogens with one attached hydrogen (secondary N) is 1. The van der Waals surface area contributed by atoms with Gasteiger partial charge in [-0.1, -0.05) is 25.1 Å². The SMILES string of the molecule is S=c1cc(C2CCCC2)[nH]c(-c2ccncn2)n1. The van der Waals surface area contributed by atoms with Gasteiger partial charge in [-0.3, -0.25) is 0 Å². The van der Waals surface area contributed by atoms with Crippen molar-refractivity contribution in [3.63, 3.8) is 0 Å². The summed E-state index contributed by atoms with van der Waals surface area (Å²) in [5.41, 5.74) is 1.98. The molecular weight excluding hydrogens is 244 g/mol. The quantitative estimate of drug-likeness (QED) is 0.840. The molecular formula is C13H14N4S. The van der Waals surface area contributed by atoms with E-state index in [1.807, 2.05) is 12.1 Å². The average molecular weight is 258 g/mol. The molecule has 3 rings (SSSR count). The highest BCUT2D eigenvalue weighted by Crippen LogP contribution is 2.33. The molecule has 0 aliphatic heterocycles. The predicted molar refractivity (Wildman–Crippen MR) is 71.7 cm³/mol. The average Bonchev–Trinajstić information content (AvgIpc) is 2.93. The lowest BCUT2D eigenvalue weighted by molar-refractivity contribution is 0.694. The van der Waals surface area contributed by atoms with Gasteiger partial charge >= 0.3 is 0 Å². The lowest BCUT2D eigenvalue weighted by Gasteiger charge is -2.11. The summed E-state index contributed by atoms with van der Waals surface area (Å²) in [6, 6.07) is 3.82. The highest BCUT2D eigenvalue weighted by Gasteiger charge is 2.18. The smallest absolute Gasteiger partial charge is 0.157 e. The van der Waals surface area contributed by atoms with Gasteiger partial charge in [-0.25, -0.2) is 15.0 Å². The summed E-state index contributed by atoms with van der Waals surface area (Å²) in [6.45, 7) is 0. The number of aromatic nitrogens is 4. The Morgan fingerprint density at radius 1 is 1.28 bits per heavy atom. The number of hydrogen-bond acceptors (Lipinski definition) is 4. The molecule has 18 heavy (non-hydrogen) atoms. The molecule has 5 heteroatoms. The maximum Gasteiger partial charge on any atom is 0.157 e. The van der Waals surface area contributed by atoms with E-state index in [-0.39, 0.29) is 0 Å². The molecule has 0 unspecified atom stereocenters. The summed E-state index contributed by atoms with van der Waals surface area (Å²) >= 11 is 5.25. The zero-order chi connectivity index (χ0) is 12.4. The Kier molecular flexibility index (Phi) is 3.15. The third-order valence-electron chi connectivity index (χ3n) is 3.38. The van der Waals surface area contributed by atoms with E-state index in [0.29, 0.717) is 10.6 Å². The molecule has 0 radical (unpaired) electrons. The Bertz CT molecular complexity index is 587. The van der Waals surface area contributed by atoms with E-state index in [4.69, 9.17) is 12.2 Å².